The summed E-state index contributed by atoms with van der Waals surface area (Å²) in [6.45, 7) is 9.52. The first-order valence-electron chi connectivity index (χ1n) is 5.82. The number of aldehydes is 1. The molecule has 0 spiro atoms. The molecule has 0 amide bonds. The molecular formula is C13H18ClFO2Si. The molecule has 0 aliphatic rings. The van der Waals surface area contributed by atoms with E-state index in [0.717, 1.165) is 0 Å². The third-order valence-electron chi connectivity index (χ3n) is 2.43. The van der Waals surface area contributed by atoms with E-state index in [-0.39, 0.29) is 10.6 Å². The Morgan fingerprint density at radius 1 is 1.39 bits per heavy atom. The summed E-state index contributed by atoms with van der Waals surface area (Å²) < 4.78 is 19.8. The van der Waals surface area contributed by atoms with E-state index in [4.69, 9.17) is 16.0 Å². The molecule has 0 aliphatic heterocycles. The average molecular weight is 289 g/mol. The average Bonchev–Trinajstić information content (AvgIpc) is 2.19. The Morgan fingerprint density at radius 3 is 2.33 bits per heavy atom. The van der Waals surface area contributed by atoms with E-state index in [9.17, 15) is 9.18 Å². The fourth-order valence-corrected chi connectivity index (χ4v) is 2.95. The zero-order valence-corrected chi connectivity index (χ0v) is 13.2. The Bertz CT molecular complexity index is 467. The van der Waals surface area contributed by atoms with Crippen LogP contribution in [0.25, 0.3) is 0 Å². The fourth-order valence-electron chi connectivity index (χ4n) is 1.72. The highest BCUT2D eigenvalue weighted by Gasteiger charge is 2.27. The molecule has 1 rings (SSSR count). The van der Waals surface area contributed by atoms with Gasteiger partial charge in [-0.3, -0.25) is 4.79 Å². The van der Waals surface area contributed by atoms with Gasteiger partial charge in [0.2, 0.25) is 9.04 Å². The number of rotatable bonds is 3. The lowest BCUT2D eigenvalue weighted by molar-refractivity contribution is 0.111. The molecule has 1 aromatic rings. The van der Waals surface area contributed by atoms with Gasteiger partial charge in [-0.25, -0.2) is 4.39 Å². The summed E-state index contributed by atoms with van der Waals surface area (Å²) in [5, 5.41) is 0.270. The number of benzene rings is 1. The van der Waals surface area contributed by atoms with Crippen LogP contribution in [0.4, 0.5) is 4.39 Å². The third kappa shape index (κ3) is 3.12. The van der Waals surface area contributed by atoms with Gasteiger partial charge in [0, 0.05) is 5.56 Å². The van der Waals surface area contributed by atoms with Crippen LogP contribution in [0.3, 0.4) is 0 Å². The normalized spacial score (nSPS) is 11.8. The van der Waals surface area contributed by atoms with E-state index >= 15 is 0 Å². The van der Waals surface area contributed by atoms with Crippen molar-refractivity contribution in [1.29, 1.82) is 0 Å². The van der Waals surface area contributed by atoms with Crippen molar-refractivity contribution in [3.05, 3.63) is 28.0 Å². The summed E-state index contributed by atoms with van der Waals surface area (Å²) in [7, 11) is -1.37. The monoisotopic (exact) mass is 288 g/mol. The van der Waals surface area contributed by atoms with Crippen LogP contribution in [0.5, 0.6) is 5.75 Å². The number of carbonyl (C=O) groups excluding carboxylic acids is 1. The Kier molecular flexibility index (Phi) is 4.56. The molecule has 0 saturated heterocycles. The molecule has 0 atom stereocenters. The summed E-state index contributed by atoms with van der Waals surface area (Å²) >= 11 is 6.21. The molecule has 1 aromatic carbocycles. The minimum atomic E-state index is -1.37. The van der Waals surface area contributed by atoms with Gasteiger partial charge in [0.05, 0.1) is 10.6 Å². The zero-order valence-electron chi connectivity index (χ0n) is 11.3. The van der Waals surface area contributed by atoms with Gasteiger partial charge in [-0.2, -0.15) is 0 Å². The van der Waals surface area contributed by atoms with Crippen molar-refractivity contribution in [2.75, 3.05) is 0 Å². The lowest BCUT2D eigenvalue weighted by Crippen LogP contribution is -2.18. The van der Waals surface area contributed by atoms with Gasteiger partial charge in [-0.05, 0) is 24.6 Å². The van der Waals surface area contributed by atoms with Gasteiger partial charge in [0.25, 0.3) is 0 Å². The summed E-state index contributed by atoms with van der Waals surface area (Å²) in [5.74, 6) is -0.146. The maximum atomic E-state index is 14.2. The van der Waals surface area contributed by atoms with Crippen molar-refractivity contribution < 1.29 is 13.6 Å². The standard InChI is InChI=1S/C13H18ClFO2Si/c1-13(2,3)10-11(14)9(17-18(4)5)6-8(7-16)12(10)15/h6-7,18H,1-5H3. The molecule has 0 saturated carbocycles. The topological polar surface area (TPSA) is 26.3 Å². The molecule has 0 aliphatic carbocycles. The SMILES string of the molecule is C[SiH](C)Oc1cc(C=O)c(F)c(C(C)(C)C)c1Cl. The molecule has 0 aromatic heterocycles. The van der Waals surface area contributed by atoms with Crippen molar-refractivity contribution in [2.45, 2.75) is 39.3 Å². The molecule has 18 heavy (non-hydrogen) atoms. The van der Waals surface area contributed by atoms with Crippen molar-refractivity contribution >= 4 is 26.9 Å². The Labute approximate surface area is 114 Å². The first-order valence-corrected chi connectivity index (χ1v) is 8.98. The largest absolute Gasteiger partial charge is 0.546 e. The van der Waals surface area contributed by atoms with Gasteiger partial charge >= 0.3 is 0 Å². The van der Waals surface area contributed by atoms with Crippen molar-refractivity contribution in [3.63, 3.8) is 0 Å². The second-order valence-corrected chi connectivity index (χ2v) is 8.21. The lowest BCUT2D eigenvalue weighted by Gasteiger charge is -2.24. The van der Waals surface area contributed by atoms with E-state index in [0.29, 0.717) is 17.6 Å². The lowest BCUT2D eigenvalue weighted by atomic mass is 9.85. The predicted molar refractivity (Wildman–Crippen MR) is 75.0 cm³/mol. The van der Waals surface area contributed by atoms with Crippen LogP contribution in [-0.2, 0) is 5.41 Å². The van der Waals surface area contributed by atoms with Gasteiger partial charge in [-0.15, -0.1) is 0 Å². The van der Waals surface area contributed by atoms with Crippen molar-refractivity contribution in [2.24, 2.45) is 0 Å². The van der Waals surface area contributed by atoms with Crippen LogP contribution in [0.2, 0.25) is 18.1 Å². The maximum Gasteiger partial charge on any atom is 0.229 e. The van der Waals surface area contributed by atoms with Gasteiger partial charge in [0.15, 0.2) is 6.29 Å². The van der Waals surface area contributed by atoms with E-state index in [1.807, 2.05) is 33.9 Å². The van der Waals surface area contributed by atoms with Crippen LogP contribution in [0, 0.1) is 5.82 Å². The third-order valence-corrected chi connectivity index (χ3v) is 3.54. The Hall–Kier alpha value is -0.873. The highest BCUT2D eigenvalue weighted by Crippen LogP contribution is 2.39. The van der Waals surface area contributed by atoms with Gasteiger partial charge in [-0.1, -0.05) is 32.4 Å². The van der Waals surface area contributed by atoms with Crippen LogP contribution in [-0.4, -0.2) is 15.3 Å². The van der Waals surface area contributed by atoms with Crippen LogP contribution in [0.1, 0.15) is 36.7 Å². The molecule has 5 heteroatoms. The van der Waals surface area contributed by atoms with Gasteiger partial charge < -0.3 is 4.43 Å². The molecule has 0 N–H and O–H groups in total. The molecule has 0 radical (unpaired) electrons. The van der Waals surface area contributed by atoms with E-state index in [1.54, 1.807) is 0 Å². The summed E-state index contributed by atoms with van der Waals surface area (Å²) in [5.41, 5.74) is -0.163. The maximum absolute atomic E-state index is 14.2. The highest BCUT2D eigenvalue weighted by molar-refractivity contribution is 6.49. The summed E-state index contributed by atoms with van der Waals surface area (Å²) in [6.07, 6.45) is 0.496. The molecule has 0 fully saturated rings. The first kappa shape index (κ1) is 15.2. The fraction of sp³-hybridized carbons (Fsp3) is 0.462. The van der Waals surface area contributed by atoms with Crippen molar-refractivity contribution in [1.82, 2.24) is 0 Å². The number of hydrogen-bond donors (Lipinski definition) is 0. The smallest absolute Gasteiger partial charge is 0.229 e. The van der Waals surface area contributed by atoms with Crippen LogP contribution >= 0.6 is 11.6 Å². The molecular weight excluding hydrogens is 271 g/mol. The van der Waals surface area contributed by atoms with Crippen molar-refractivity contribution in [3.8, 4) is 5.75 Å². The summed E-state index contributed by atoms with van der Waals surface area (Å²) in [6, 6.07) is 1.38. The van der Waals surface area contributed by atoms with Crippen LogP contribution < -0.4 is 4.43 Å². The second kappa shape index (κ2) is 5.41. The van der Waals surface area contributed by atoms with Gasteiger partial charge in [0.1, 0.15) is 11.6 Å². The Balaban J connectivity index is 3.53. The number of halogens is 2. The molecule has 2 nitrogen and oxygen atoms in total. The molecule has 100 valence electrons. The number of hydrogen-bond acceptors (Lipinski definition) is 2. The number of carbonyl (C=O) groups is 1. The van der Waals surface area contributed by atoms with Crippen LogP contribution in [0.15, 0.2) is 6.07 Å². The quantitative estimate of drug-likeness (QED) is 0.622. The highest BCUT2D eigenvalue weighted by atomic mass is 35.5. The molecule has 0 heterocycles. The summed E-state index contributed by atoms with van der Waals surface area (Å²) in [4.78, 5) is 10.9. The van der Waals surface area contributed by atoms with E-state index in [1.165, 1.54) is 6.07 Å². The second-order valence-electron chi connectivity index (χ2n) is 5.50. The molecule has 0 bridgehead atoms. The predicted octanol–water partition coefficient (Wildman–Crippen LogP) is 3.95. The Morgan fingerprint density at radius 2 is 1.94 bits per heavy atom. The minimum absolute atomic E-state index is 0.00558. The zero-order chi connectivity index (χ0) is 14.1. The first-order chi connectivity index (χ1) is 8.18. The minimum Gasteiger partial charge on any atom is -0.546 e. The van der Waals surface area contributed by atoms with E-state index in [2.05, 4.69) is 0 Å². The van der Waals surface area contributed by atoms with E-state index < -0.39 is 20.3 Å². The molecule has 0 unspecified atom stereocenters.